The van der Waals surface area contributed by atoms with Gasteiger partial charge in [0.25, 0.3) is 0 Å². The Morgan fingerprint density at radius 1 is 0.938 bits per heavy atom. The van der Waals surface area contributed by atoms with Crippen molar-refractivity contribution in [3.63, 3.8) is 0 Å². The van der Waals surface area contributed by atoms with Crippen LogP contribution in [0.4, 0.5) is 0 Å². The van der Waals surface area contributed by atoms with Crippen LogP contribution in [0.5, 0.6) is 0 Å². The SMILES string of the molecule is COCCNC(=S)SSC(=S)NCCOC. The summed E-state index contributed by atoms with van der Waals surface area (Å²) >= 11 is 10.2. The second-order valence-corrected chi connectivity index (χ2v) is 6.06. The maximum Gasteiger partial charge on any atom is 0.144 e. The predicted octanol–water partition coefficient (Wildman–Crippen LogP) is 1.41. The van der Waals surface area contributed by atoms with Gasteiger partial charge in [0.2, 0.25) is 0 Å². The standard InChI is InChI=1S/C8H16N2O2S4/c1-11-5-3-9-7(13)15-16-8(14)10-4-6-12-2/h3-6H2,1-2H3,(H,9,13)(H,10,14). The van der Waals surface area contributed by atoms with Crippen LogP contribution in [0.25, 0.3) is 0 Å². The van der Waals surface area contributed by atoms with Gasteiger partial charge >= 0.3 is 0 Å². The lowest BCUT2D eigenvalue weighted by atomic mass is 10.7. The molecule has 8 heteroatoms. The molecule has 0 bridgehead atoms. The molecule has 0 spiro atoms. The summed E-state index contributed by atoms with van der Waals surface area (Å²) in [6.45, 7) is 2.71. The van der Waals surface area contributed by atoms with Crippen LogP contribution in [0, 0.1) is 0 Å². The average Bonchev–Trinajstić information content (AvgIpc) is 2.27. The monoisotopic (exact) mass is 300 g/mol. The average molecular weight is 300 g/mol. The molecule has 16 heavy (non-hydrogen) atoms. The summed E-state index contributed by atoms with van der Waals surface area (Å²) in [5.74, 6) is 0. The fourth-order valence-electron chi connectivity index (χ4n) is 0.645. The van der Waals surface area contributed by atoms with Gasteiger partial charge in [0.1, 0.15) is 8.64 Å². The van der Waals surface area contributed by atoms with Crippen molar-refractivity contribution < 1.29 is 9.47 Å². The van der Waals surface area contributed by atoms with Gasteiger partial charge in [0.05, 0.1) is 13.2 Å². The normalized spacial score (nSPS) is 9.88. The van der Waals surface area contributed by atoms with E-state index >= 15 is 0 Å². The van der Waals surface area contributed by atoms with Crippen LogP contribution < -0.4 is 10.6 Å². The molecule has 0 aromatic rings. The predicted molar refractivity (Wildman–Crippen MR) is 80.1 cm³/mol. The van der Waals surface area contributed by atoms with Gasteiger partial charge in [-0.25, -0.2) is 0 Å². The molecule has 94 valence electrons. The van der Waals surface area contributed by atoms with E-state index in [1.807, 2.05) is 0 Å². The van der Waals surface area contributed by atoms with Gasteiger partial charge in [-0.15, -0.1) is 0 Å². The van der Waals surface area contributed by atoms with Gasteiger partial charge in [0.15, 0.2) is 0 Å². The number of hydrogen-bond acceptors (Lipinski definition) is 6. The number of ether oxygens (including phenoxy) is 2. The van der Waals surface area contributed by atoms with Crippen LogP contribution in [0.2, 0.25) is 0 Å². The fraction of sp³-hybridized carbons (Fsp3) is 0.750. The number of thiocarbonyl (C=S) groups is 2. The van der Waals surface area contributed by atoms with E-state index in [1.165, 1.54) is 21.6 Å². The molecule has 0 unspecified atom stereocenters. The quantitative estimate of drug-likeness (QED) is 0.434. The van der Waals surface area contributed by atoms with Crippen LogP contribution >= 0.6 is 46.0 Å². The zero-order valence-electron chi connectivity index (χ0n) is 9.28. The van der Waals surface area contributed by atoms with Crippen molar-refractivity contribution in [3.05, 3.63) is 0 Å². The van der Waals surface area contributed by atoms with E-state index in [-0.39, 0.29) is 0 Å². The van der Waals surface area contributed by atoms with E-state index in [4.69, 9.17) is 33.9 Å². The molecule has 0 atom stereocenters. The molecular weight excluding hydrogens is 284 g/mol. The smallest absolute Gasteiger partial charge is 0.144 e. The van der Waals surface area contributed by atoms with Gasteiger partial charge in [-0.1, -0.05) is 24.4 Å². The summed E-state index contributed by atoms with van der Waals surface area (Å²) in [6.07, 6.45) is 0. The lowest BCUT2D eigenvalue weighted by Crippen LogP contribution is -2.24. The Balaban J connectivity index is 3.40. The molecule has 0 fully saturated rings. The maximum atomic E-state index is 5.08. The first-order valence-electron chi connectivity index (χ1n) is 4.58. The summed E-state index contributed by atoms with van der Waals surface area (Å²) in [5, 5.41) is 6.09. The summed E-state index contributed by atoms with van der Waals surface area (Å²) in [5.41, 5.74) is 0. The third kappa shape index (κ3) is 10.9. The summed E-state index contributed by atoms with van der Waals surface area (Å²) < 4.78 is 11.2. The van der Waals surface area contributed by atoms with Crippen LogP contribution in [-0.2, 0) is 9.47 Å². The zero-order valence-corrected chi connectivity index (χ0v) is 12.5. The Hall–Kier alpha value is 0.400. The van der Waals surface area contributed by atoms with Crippen LogP contribution in [0.15, 0.2) is 0 Å². The number of methoxy groups -OCH3 is 2. The highest BCUT2D eigenvalue weighted by atomic mass is 33.1. The summed E-state index contributed by atoms with van der Waals surface area (Å²) in [7, 11) is 6.17. The molecule has 0 saturated carbocycles. The second-order valence-electron chi connectivity index (χ2n) is 2.58. The Bertz CT molecular complexity index is 194. The fourth-order valence-corrected chi connectivity index (χ4v) is 2.74. The molecule has 0 aliphatic rings. The molecule has 0 heterocycles. The molecule has 0 aliphatic carbocycles. The van der Waals surface area contributed by atoms with Gasteiger partial charge in [-0.05, 0) is 21.6 Å². The van der Waals surface area contributed by atoms with Crippen LogP contribution in [0.1, 0.15) is 0 Å². The second kappa shape index (κ2) is 11.9. The highest BCUT2D eigenvalue weighted by molar-refractivity contribution is 8.89. The van der Waals surface area contributed by atoms with E-state index in [9.17, 15) is 0 Å². The van der Waals surface area contributed by atoms with E-state index in [1.54, 1.807) is 14.2 Å². The first-order valence-corrected chi connectivity index (χ1v) is 7.55. The van der Waals surface area contributed by atoms with E-state index in [0.717, 1.165) is 0 Å². The Kier molecular flexibility index (Phi) is 12.2. The molecule has 0 aromatic heterocycles. The van der Waals surface area contributed by atoms with Crippen molar-refractivity contribution in [1.29, 1.82) is 0 Å². The largest absolute Gasteiger partial charge is 0.383 e. The molecule has 2 N–H and O–H groups in total. The van der Waals surface area contributed by atoms with E-state index in [2.05, 4.69) is 10.6 Å². The van der Waals surface area contributed by atoms with Crippen molar-refractivity contribution in [2.45, 2.75) is 0 Å². The molecule has 4 nitrogen and oxygen atoms in total. The van der Waals surface area contributed by atoms with Gasteiger partial charge < -0.3 is 20.1 Å². The van der Waals surface area contributed by atoms with Gasteiger partial charge in [-0.2, -0.15) is 0 Å². The minimum atomic E-state index is 0.641. The van der Waals surface area contributed by atoms with Gasteiger partial charge in [-0.3, -0.25) is 0 Å². The molecule has 0 rings (SSSR count). The van der Waals surface area contributed by atoms with Crippen LogP contribution in [-0.4, -0.2) is 49.2 Å². The molecule has 0 aliphatic heterocycles. The summed E-state index contributed by atoms with van der Waals surface area (Å²) in [6, 6.07) is 0. The van der Waals surface area contributed by atoms with Crippen LogP contribution in [0.3, 0.4) is 0 Å². The topological polar surface area (TPSA) is 42.5 Å². The highest BCUT2D eigenvalue weighted by Gasteiger charge is 2.01. The maximum absolute atomic E-state index is 5.08. The molecule has 0 amide bonds. The van der Waals surface area contributed by atoms with Crippen molar-refractivity contribution in [1.82, 2.24) is 10.6 Å². The van der Waals surface area contributed by atoms with Crippen molar-refractivity contribution in [2.75, 3.05) is 40.5 Å². The third-order valence-corrected chi connectivity index (χ3v) is 4.69. The van der Waals surface area contributed by atoms with Crippen molar-refractivity contribution >= 4 is 54.7 Å². The Labute approximate surface area is 115 Å². The molecule has 0 aromatic carbocycles. The highest BCUT2D eigenvalue weighted by Crippen LogP contribution is 2.22. The molecular formula is C8H16N2O2S4. The van der Waals surface area contributed by atoms with Crippen molar-refractivity contribution in [3.8, 4) is 0 Å². The number of nitrogens with one attached hydrogen (secondary N) is 2. The third-order valence-electron chi connectivity index (χ3n) is 1.34. The lowest BCUT2D eigenvalue weighted by molar-refractivity contribution is 0.204. The first kappa shape index (κ1) is 16.4. The molecule has 0 saturated heterocycles. The Morgan fingerprint density at radius 2 is 1.31 bits per heavy atom. The number of hydrogen-bond donors (Lipinski definition) is 2. The Morgan fingerprint density at radius 3 is 1.62 bits per heavy atom. The summed E-state index contributed by atoms with van der Waals surface area (Å²) in [4.78, 5) is 0. The van der Waals surface area contributed by atoms with E-state index < -0.39 is 0 Å². The first-order chi connectivity index (χ1) is 7.70. The minimum absolute atomic E-state index is 0.641. The lowest BCUT2D eigenvalue weighted by Gasteiger charge is -2.08. The zero-order chi connectivity index (χ0) is 12.2. The van der Waals surface area contributed by atoms with Crippen molar-refractivity contribution in [2.24, 2.45) is 0 Å². The minimum Gasteiger partial charge on any atom is -0.383 e. The number of rotatable bonds is 6. The van der Waals surface area contributed by atoms with E-state index in [0.29, 0.717) is 34.9 Å². The molecule has 0 radical (unpaired) electrons. The van der Waals surface area contributed by atoms with Gasteiger partial charge in [0, 0.05) is 27.3 Å².